The molecule has 0 saturated carbocycles. The van der Waals surface area contributed by atoms with Crippen molar-refractivity contribution in [1.82, 2.24) is 16.0 Å². The number of benzene rings is 1. The van der Waals surface area contributed by atoms with E-state index in [4.69, 9.17) is 4.74 Å². The van der Waals surface area contributed by atoms with Gasteiger partial charge in [0.2, 0.25) is 18.2 Å². The van der Waals surface area contributed by atoms with Gasteiger partial charge in [-0.1, -0.05) is 30.3 Å². The molecule has 0 heterocycles. The minimum atomic E-state index is -0.626. The van der Waals surface area contributed by atoms with Gasteiger partial charge in [0.25, 0.3) is 0 Å². The van der Waals surface area contributed by atoms with E-state index in [9.17, 15) is 14.4 Å². The highest BCUT2D eigenvalue weighted by Crippen LogP contribution is 2.19. The number of methoxy groups -OCH3 is 1. The molecule has 0 radical (unpaired) electrons. The molecule has 3 amide bonds. The molecule has 1 rings (SSSR count). The molecule has 0 aromatic heterocycles. The number of hydrogen-bond acceptors (Lipinski definition) is 4. The van der Waals surface area contributed by atoms with Crippen molar-refractivity contribution >= 4 is 18.2 Å². The fourth-order valence-corrected chi connectivity index (χ4v) is 2.50. The highest BCUT2D eigenvalue weighted by atomic mass is 16.5. The summed E-state index contributed by atoms with van der Waals surface area (Å²) in [6, 6.07) is 9.48. The van der Waals surface area contributed by atoms with Crippen molar-refractivity contribution in [2.75, 3.05) is 27.3 Å². The van der Waals surface area contributed by atoms with Crippen LogP contribution in [-0.4, -0.2) is 45.5 Å². The Morgan fingerprint density at radius 3 is 2.56 bits per heavy atom. The Morgan fingerprint density at radius 2 is 1.96 bits per heavy atom. The average molecular weight is 349 g/mol. The fourth-order valence-electron chi connectivity index (χ4n) is 2.50. The Hall–Kier alpha value is -2.41. The molecule has 0 aliphatic carbocycles. The molecule has 0 aliphatic rings. The zero-order chi connectivity index (χ0) is 18.5. The molecule has 0 saturated heterocycles. The van der Waals surface area contributed by atoms with E-state index < -0.39 is 5.92 Å². The SMILES string of the molecule is CNC(=O)CC(CNC=O)C(=O)NC(CCCOC)c1ccccc1. The minimum Gasteiger partial charge on any atom is -0.385 e. The maximum absolute atomic E-state index is 12.6. The molecule has 1 aromatic rings. The highest BCUT2D eigenvalue weighted by molar-refractivity contribution is 5.86. The molecule has 25 heavy (non-hydrogen) atoms. The molecule has 0 bridgehead atoms. The van der Waals surface area contributed by atoms with Gasteiger partial charge in [-0.2, -0.15) is 0 Å². The van der Waals surface area contributed by atoms with Crippen LogP contribution in [0, 0.1) is 5.92 Å². The van der Waals surface area contributed by atoms with Crippen LogP contribution >= 0.6 is 0 Å². The highest BCUT2D eigenvalue weighted by Gasteiger charge is 2.24. The van der Waals surface area contributed by atoms with E-state index in [1.54, 1.807) is 7.11 Å². The Bertz CT molecular complexity index is 536. The average Bonchev–Trinajstić information content (AvgIpc) is 2.64. The van der Waals surface area contributed by atoms with Crippen LogP contribution in [0.15, 0.2) is 30.3 Å². The Kier molecular flexibility index (Phi) is 9.92. The van der Waals surface area contributed by atoms with E-state index in [1.807, 2.05) is 30.3 Å². The van der Waals surface area contributed by atoms with Crippen molar-refractivity contribution in [2.45, 2.75) is 25.3 Å². The van der Waals surface area contributed by atoms with Crippen molar-refractivity contribution in [2.24, 2.45) is 5.92 Å². The summed E-state index contributed by atoms with van der Waals surface area (Å²) in [6.07, 6.45) is 2.06. The third-order valence-corrected chi connectivity index (χ3v) is 3.89. The first-order valence-electron chi connectivity index (χ1n) is 8.34. The molecule has 2 atom stereocenters. The van der Waals surface area contributed by atoms with Crippen molar-refractivity contribution in [3.8, 4) is 0 Å². The second-order valence-corrected chi connectivity index (χ2v) is 5.71. The maximum atomic E-state index is 12.6. The number of amides is 3. The summed E-state index contributed by atoms with van der Waals surface area (Å²) >= 11 is 0. The third kappa shape index (κ3) is 7.80. The van der Waals surface area contributed by atoms with Crippen LogP contribution < -0.4 is 16.0 Å². The van der Waals surface area contributed by atoms with E-state index in [1.165, 1.54) is 7.05 Å². The first kappa shape index (κ1) is 20.6. The summed E-state index contributed by atoms with van der Waals surface area (Å²) in [5, 5.41) is 7.98. The van der Waals surface area contributed by atoms with E-state index in [2.05, 4.69) is 16.0 Å². The number of rotatable bonds is 12. The van der Waals surface area contributed by atoms with Crippen molar-refractivity contribution in [3.05, 3.63) is 35.9 Å². The Balaban J connectivity index is 2.81. The zero-order valence-corrected chi connectivity index (χ0v) is 14.8. The van der Waals surface area contributed by atoms with Gasteiger partial charge in [0.15, 0.2) is 0 Å². The van der Waals surface area contributed by atoms with Crippen LogP contribution in [0.4, 0.5) is 0 Å². The zero-order valence-electron chi connectivity index (χ0n) is 14.8. The van der Waals surface area contributed by atoms with E-state index in [0.29, 0.717) is 13.0 Å². The summed E-state index contributed by atoms with van der Waals surface area (Å²) in [6.45, 7) is 0.718. The standard InChI is InChI=1S/C18H27N3O4/c1-19-17(23)11-15(12-20-13-22)18(24)21-16(9-6-10-25-2)14-7-4-3-5-8-14/h3-5,7-8,13,15-16H,6,9-12H2,1-2H3,(H,19,23)(H,20,22)(H,21,24). The van der Waals surface area contributed by atoms with Gasteiger partial charge in [-0.3, -0.25) is 14.4 Å². The van der Waals surface area contributed by atoms with Crippen LogP contribution in [0.25, 0.3) is 0 Å². The van der Waals surface area contributed by atoms with E-state index in [0.717, 1.165) is 18.4 Å². The number of carbonyl (C=O) groups excluding carboxylic acids is 3. The lowest BCUT2D eigenvalue weighted by molar-refractivity contribution is -0.130. The molecule has 2 unspecified atom stereocenters. The van der Waals surface area contributed by atoms with Gasteiger partial charge in [-0.25, -0.2) is 0 Å². The van der Waals surface area contributed by atoms with Gasteiger partial charge in [-0.15, -0.1) is 0 Å². The van der Waals surface area contributed by atoms with Gasteiger partial charge in [0, 0.05) is 33.7 Å². The predicted molar refractivity (Wildman–Crippen MR) is 94.7 cm³/mol. The molecule has 7 nitrogen and oxygen atoms in total. The number of hydrogen-bond donors (Lipinski definition) is 3. The number of ether oxygens (including phenoxy) is 1. The smallest absolute Gasteiger partial charge is 0.225 e. The second-order valence-electron chi connectivity index (χ2n) is 5.71. The van der Waals surface area contributed by atoms with E-state index in [-0.39, 0.29) is 30.8 Å². The first-order chi connectivity index (χ1) is 12.1. The Morgan fingerprint density at radius 1 is 1.24 bits per heavy atom. The molecule has 1 aromatic carbocycles. The van der Waals surface area contributed by atoms with Gasteiger partial charge in [0.1, 0.15) is 0 Å². The van der Waals surface area contributed by atoms with Gasteiger partial charge in [0.05, 0.1) is 12.0 Å². The summed E-state index contributed by atoms with van der Waals surface area (Å²) in [4.78, 5) is 34.8. The maximum Gasteiger partial charge on any atom is 0.225 e. The van der Waals surface area contributed by atoms with Crippen LogP contribution in [0.1, 0.15) is 30.9 Å². The summed E-state index contributed by atoms with van der Waals surface area (Å²) in [5.74, 6) is -1.13. The molecule has 0 spiro atoms. The van der Waals surface area contributed by atoms with Crippen molar-refractivity contribution in [3.63, 3.8) is 0 Å². The Labute approximate surface area is 148 Å². The van der Waals surface area contributed by atoms with Gasteiger partial charge < -0.3 is 20.7 Å². The summed E-state index contributed by atoms with van der Waals surface area (Å²) < 4.78 is 5.09. The summed E-state index contributed by atoms with van der Waals surface area (Å²) in [7, 11) is 3.16. The molecule has 0 fully saturated rings. The van der Waals surface area contributed by atoms with Gasteiger partial charge >= 0.3 is 0 Å². The normalized spacial score (nSPS) is 12.7. The fraction of sp³-hybridized carbons (Fsp3) is 0.500. The number of nitrogens with one attached hydrogen (secondary N) is 3. The largest absolute Gasteiger partial charge is 0.385 e. The lowest BCUT2D eigenvalue weighted by atomic mass is 9.99. The van der Waals surface area contributed by atoms with Crippen LogP contribution in [-0.2, 0) is 19.1 Å². The first-order valence-corrected chi connectivity index (χ1v) is 8.34. The molecular formula is C18H27N3O4. The van der Waals surface area contributed by atoms with Crippen molar-refractivity contribution in [1.29, 1.82) is 0 Å². The lowest BCUT2D eigenvalue weighted by Gasteiger charge is -2.23. The lowest BCUT2D eigenvalue weighted by Crippen LogP contribution is -2.41. The minimum absolute atomic E-state index is 0.0166. The molecular weight excluding hydrogens is 322 g/mol. The van der Waals surface area contributed by atoms with E-state index >= 15 is 0 Å². The monoisotopic (exact) mass is 349 g/mol. The van der Waals surface area contributed by atoms with Crippen LogP contribution in [0.2, 0.25) is 0 Å². The second kappa shape index (κ2) is 12.0. The molecule has 7 heteroatoms. The molecule has 3 N–H and O–H groups in total. The number of carbonyl (C=O) groups is 3. The predicted octanol–water partition coefficient (Wildman–Crippen LogP) is 0.769. The quantitative estimate of drug-likeness (QED) is 0.384. The van der Waals surface area contributed by atoms with Gasteiger partial charge in [-0.05, 0) is 18.4 Å². The topological polar surface area (TPSA) is 96.5 Å². The third-order valence-electron chi connectivity index (χ3n) is 3.89. The molecule has 138 valence electrons. The van der Waals surface area contributed by atoms with Crippen molar-refractivity contribution < 1.29 is 19.1 Å². The molecule has 0 aliphatic heterocycles. The van der Waals surface area contributed by atoms with Crippen LogP contribution in [0.3, 0.4) is 0 Å². The summed E-state index contributed by atoms with van der Waals surface area (Å²) in [5.41, 5.74) is 0.994. The van der Waals surface area contributed by atoms with Crippen LogP contribution in [0.5, 0.6) is 0 Å².